The largest absolute Gasteiger partial charge is 0.310 e. The van der Waals surface area contributed by atoms with Gasteiger partial charge >= 0.3 is 0 Å². The number of nitrogens with one attached hydrogen (secondary N) is 1. The van der Waals surface area contributed by atoms with Crippen molar-refractivity contribution < 1.29 is 4.79 Å². The lowest BCUT2D eigenvalue weighted by Gasteiger charge is -2.23. The van der Waals surface area contributed by atoms with Crippen molar-refractivity contribution in [3.63, 3.8) is 0 Å². The van der Waals surface area contributed by atoms with Crippen molar-refractivity contribution in [2.45, 2.75) is 12.3 Å². The summed E-state index contributed by atoms with van der Waals surface area (Å²) in [4.78, 5) is 20.9. The van der Waals surface area contributed by atoms with Crippen LogP contribution in [0.5, 0.6) is 0 Å². The Balaban J connectivity index is 1.81. The predicted molar refractivity (Wildman–Crippen MR) is 90.6 cm³/mol. The van der Waals surface area contributed by atoms with Gasteiger partial charge in [-0.15, -0.1) is 0 Å². The van der Waals surface area contributed by atoms with E-state index in [1.54, 1.807) is 18.7 Å². The Morgan fingerprint density at radius 1 is 1.22 bits per heavy atom. The SMILES string of the molecule is O=C1C[C@@H](c2ccc(Br)cc2)c2ncn(-c3cccnc3)c2N1. The zero-order valence-corrected chi connectivity index (χ0v) is 13.7. The zero-order chi connectivity index (χ0) is 15.8. The van der Waals surface area contributed by atoms with Gasteiger partial charge < -0.3 is 5.32 Å². The Bertz CT molecular complexity index is 858. The van der Waals surface area contributed by atoms with Crippen LogP contribution in [0, 0.1) is 0 Å². The molecule has 1 aromatic carbocycles. The van der Waals surface area contributed by atoms with Gasteiger partial charge in [-0.2, -0.15) is 0 Å². The van der Waals surface area contributed by atoms with Crippen molar-refractivity contribution in [1.29, 1.82) is 0 Å². The third-order valence-electron chi connectivity index (χ3n) is 3.97. The van der Waals surface area contributed by atoms with Crippen LogP contribution in [0.1, 0.15) is 23.6 Å². The zero-order valence-electron chi connectivity index (χ0n) is 12.1. The number of nitrogens with zero attached hydrogens (tertiary/aromatic N) is 3. The molecule has 6 heteroatoms. The molecule has 2 aromatic heterocycles. The molecule has 4 rings (SSSR count). The highest BCUT2D eigenvalue weighted by Crippen LogP contribution is 2.37. The number of fused-ring (bicyclic) bond motifs is 1. The fourth-order valence-corrected chi connectivity index (χ4v) is 3.13. The molecule has 0 spiro atoms. The van der Waals surface area contributed by atoms with E-state index in [1.165, 1.54) is 0 Å². The molecule has 23 heavy (non-hydrogen) atoms. The number of rotatable bonds is 2. The minimum absolute atomic E-state index is 0.00365. The van der Waals surface area contributed by atoms with Crippen molar-refractivity contribution in [2.24, 2.45) is 0 Å². The molecule has 1 atom stereocenters. The number of aromatic nitrogens is 3. The highest BCUT2D eigenvalue weighted by Gasteiger charge is 2.30. The van der Waals surface area contributed by atoms with Gasteiger partial charge in [0.15, 0.2) is 0 Å². The first-order valence-electron chi connectivity index (χ1n) is 7.25. The van der Waals surface area contributed by atoms with Crippen LogP contribution in [0.3, 0.4) is 0 Å². The fraction of sp³-hybridized carbons (Fsp3) is 0.118. The minimum atomic E-state index is -0.0372. The molecule has 1 N–H and O–H groups in total. The molecular formula is C17H13BrN4O. The fourth-order valence-electron chi connectivity index (χ4n) is 2.87. The summed E-state index contributed by atoms with van der Waals surface area (Å²) < 4.78 is 2.88. The van der Waals surface area contributed by atoms with Gasteiger partial charge in [-0.25, -0.2) is 4.98 Å². The molecule has 3 heterocycles. The van der Waals surface area contributed by atoms with Gasteiger partial charge in [-0.05, 0) is 29.8 Å². The summed E-state index contributed by atoms with van der Waals surface area (Å²) in [5.74, 6) is 0.683. The van der Waals surface area contributed by atoms with Crippen molar-refractivity contribution >= 4 is 27.7 Å². The maximum Gasteiger partial charge on any atom is 0.226 e. The molecule has 0 fully saturated rings. The Labute approximate surface area is 141 Å². The summed E-state index contributed by atoms with van der Waals surface area (Å²) in [5.41, 5.74) is 2.84. The maximum absolute atomic E-state index is 12.2. The Hall–Kier alpha value is -2.47. The molecule has 0 bridgehead atoms. The number of carbonyl (C=O) groups excluding carboxylic acids is 1. The van der Waals surface area contributed by atoms with Crippen LogP contribution in [0.4, 0.5) is 5.82 Å². The van der Waals surface area contributed by atoms with E-state index in [0.717, 1.165) is 27.2 Å². The van der Waals surface area contributed by atoms with Gasteiger partial charge in [0.25, 0.3) is 0 Å². The van der Waals surface area contributed by atoms with Gasteiger partial charge in [-0.1, -0.05) is 28.1 Å². The van der Waals surface area contributed by atoms with Crippen LogP contribution < -0.4 is 5.32 Å². The van der Waals surface area contributed by atoms with E-state index < -0.39 is 0 Å². The topological polar surface area (TPSA) is 59.8 Å². The molecule has 1 aliphatic rings. The lowest BCUT2D eigenvalue weighted by atomic mass is 9.90. The summed E-state index contributed by atoms with van der Waals surface area (Å²) in [5, 5.41) is 2.94. The van der Waals surface area contributed by atoms with E-state index in [2.05, 4.69) is 31.2 Å². The Kier molecular flexibility index (Phi) is 3.46. The van der Waals surface area contributed by atoms with Gasteiger partial charge in [0.1, 0.15) is 12.1 Å². The molecule has 5 nitrogen and oxygen atoms in total. The first kappa shape index (κ1) is 14.1. The van der Waals surface area contributed by atoms with E-state index in [9.17, 15) is 4.79 Å². The summed E-state index contributed by atoms with van der Waals surface area (Å²) in [6.07, 6.45) is 5.60. The number of hydrogen-bond donors (Lipinski definition) is 1. The molecule has 1 amide bonds. The average molecular weight is 369 g/mol. The standard InChI is InChI=1S/C17H13BrN4O/c18-12-5-3-11(4-6-12)14-8-15(23)21-17-16(14)20-10-22(17)13-2-1-7-19-9-13/h1-7,9-10,14H,8H2,(H,21,23)/t14-/m0/s1. The van der Waals surface area contributed by atoms with Crippen LogP contribution in [0.25, 0.3) is 5.69 Å². The Morgan fingerprint density at radius 3 is 2.78 bits per heavy atom. The van der Waals surface area contributed by atoms with Crippen LogP contribution in [0.2, 0.25) is 0 Å². The number of pyridine rings is 1. The van der Waals surface area contributed by atoms with Crippen molar-refractivity contribution in [3.05, 3.63) is 70.8 Å². The van der Waals surface area contributed by atoms with Crippen LogP contribution in [-0.4, -0.2) is 20.4 Å². The van der Waals surface area contributed by atoms with Crippen LogP contribution >= 0.6 is 15.9 Å². The number of benzene rings is 1. The summed E-state index contributed by atoms with van der Waals surface area (Å²) >= 11 is 3.44. The van der Waals surface area contributed by atoms with Gasteiger partial charge in [0.05, 0.1) is 17.6 Å². The number of hydrogen-bond acceptors (Lipinski definition) is 3. The maximum atomic E-state index is 12.2. The Morgan fingerprint density at radius 2 is 2.04 bits per heavy atom. The van der Waals surface area contributed by atoms with Gasteiger partial charge in [-0.3, -0.25) is 14.3 Å². The number of carbonyl (C=O) groups is 1. The lowest BCUT2D eigenvalue weighted by Crippen LogP contribution is -2.24. The molecule has 0 unspecified atom stereocenters. The molecular weight excluding hydrogens is 356 g/mol. The van der Waals surface area contributed by atoms with E-state index in [1.807, 2.05) is 41.0 Å². The van der Waals surface area contributed by atoms with E-state index in [0.29, 0.717) is 6.42 Å². The monoisotopic (exact) mass is 368 g/mol. The predicted octanol–water partition coefficient (Wildman–Crippen LogP) is 3.50. The van der Waals surface area contributed by atoms with Crippen molar-refractivity contribution in [3.8, 4) is 5.69 Å². The van der Waals surface area contributed by atoms with Crippen LogP contribution in [0.15, 0.2) is 59.6 Å². The normalized spacial score (nSPS) is 16.7. The molecule has 0 saturated carbocycles. The number of anilines is 1. The van der Waals surface area contributed by atoms with E-state index in [-0.39, 0.29) is 11.8 Å². The highest BCUT2D eigenvalue weighted by molar-refractivity contribution is 9.10. The van der Waals surface area contributed by atoms with E-state index in [4.69, 9.17) is 0 Å². The van der Waals surface area contributed by atoms with Gasteiger partial charge in [0.2, 0.25) is 5.91 Å². The second-order valence-electron chi connectivity index (χ2n) is 5.42. The summed E-state index contributed by atoms with van der Waals surface area (Å²) in [6.45, 7) is 0. The second-order valence-corrected chi connectivity index (χ2v) is 6.33. The van der Waals surface area contributed by atoms with Crippen molar-refractivity contribution in [2.75, 3.05) is 5.32 Å². The third-order valence-corrected chi connectivity index (χ3v) is 4.50. The number of halogens is 1. The molecule has 3 aromatic rings. The second kappa shape index (κ2) is 5.62. The average Bonchev–Trinajstić information content (AvgIpc) is 2.99. The molecule has 0 radical (unpaired) electrons. The smallest absolute Gasteiger partial charge is 0.226 e. The van der Waals surface area contributed by atoms with Gasteiger partial charge in [0, 0.05) is 23.0 Å². The van der Waals surface area contributed by atoms with Crippen molar-refractivity contribution in [1.82, 2.24) is 14.5 Å². The lowest BCUT2D eigenvalue weighted by molar-refractivity contribution is -0.116. The molecule has 0 saturated heterocycles. The highest BCUT2D eigenvalue weighted by atomic mass is 79.9. The molecule has 114 valence electrons. The summed E-state index contributed by atoms with van der Waals surface area (Å²) in [7, 11) is 0. The quantitative estimate of drug-likeness (QED) is 0.752. The first-order valence-corrected chi connectivity index (χ1v) is 8.04. The minimum Gasteiger partial charge on any atom is -0.310 e. The first-order chi connectivity index (χ1) is 11.2. The van der Waals surface area contributed by atoms with Crippen LogP contribution in [-0.2, 0) is 4.79 Å². The number of amides is 1. The third kappa shape index (κ3) is 2.55. The molecule has 1 aliphatic heterocycles. The number of imidazole rings is 1. The van der Waals surface area contributed by atoms with E-state index >= 15 is 0 Å². The molecule has 0 aliphatic carbocycles. The summed E-state index contributed by atoms with van der Waals surface area (Å²) in [6, 6.07) is 11.8.